The number of halogens is 1. The van der Waals surface area contributed by atoms with Gasteiger partial charge in [0.15, 0.2) is 0 Å². The number of unbranched alkanes of at least 4 members (excludes halogenated alkanes) is 3. The monoisotopic (exact) mass is 234 g/mol. The van der Waals surface area contributed by atoms with Gasteiger partial charge in [-0.05, 0) is 19.3 Å². The Hall–Kier alpha value is 0.250. The molecule has 0 spiro atoms. The van der Waals surface area contributed by atoms with Crippen LogP contribution in [0.4, 0.5) is 0 Å². The van der Waals surface area contributed by atoms with Gasteiger partial charge in [0.2, 0.25) is 0 Å². The minimum absolute atomic E-state index is 0.0381. The zero-order valence-corrected chi connectivity index (χ0v) is 11.4. The summed E-state index contributed by atoms with van der Waals surface area (Å²) in [4.78, 5) is 0. The Morgan fingerprint density at radius 1 is 0.800 bits per heavy atom. The SMILES string of the molecule is CCCCC(CCCC)(CCCC)OCl. The van der Waals surface area contributed by atoms with Crippen molar-refractivity contribution in [2.24, 2.45) is 0 Å². The van der Waals surface area contributed by atoms with Crippen LogP contribution in [0.25, 0.3) is 0 Å². The maximum absolute atomic E-state index is 5.73. The van der Waals surface area contributed by atoms with Crippen molar-refractivity contribution in [3.63, 3.8) is 0 Å². The minimum atomic E-state index is -0.0381. The highest BCUT2D eigenvalue weighted by Crippen LogP contribution is 2.32. The molecule has 0 aliphatic carbocycles. The van der Waals surface area contributed by atoms with Crippen LogP contribution in [0.1, 0.15) is 78.6 Å². The summed E-state index contributed by atoms with van der Waals surface area (Å²) >= 11 is 5.73. The lowest BCUT2D eigenvalue weighted by Crippen LogP contribution is -2.29. The molecule has 0 heterocycles. The van der Waals surface area contributed by atoms with Gasteiger partial charge < -0.3 is 0 Å². The van der Waals surface area contributed by atoms with E-state index >= 15 is 0 Å². The third kappa shape index (κ3) is 6.42. The van der Waals surface area contributed by atoms with E-state index in [-0.39, 0.29) is 5.60 Å². The van der Waals surface area contributed by atoms with Gasteiger partial charge in [0.1, 0.15) is 0 Å². The molecule has 0 unspecified atom stereocenters. The van der Waals surface area contributed by atoms with Crippen molar-refractivity contribution in [3.05, 3.63) is 0 Å². The first-order valence-electron chi connectivity index (χ1n) is 6.54. The second kappa shape index (κ2) is 9.47. The van der Waals surface area contributed by atoms with Gasteiger partial charge in [-0.2, -0.15) is 0 Å². The molecule has 0 fully saturated rings. The number of hydrogen-bond acceptors (Lipinski definition) is 1. The molecule has 0 aromatic heterocycles. The molecule has 2 heteroatoms. The molecule has 0 aliphatic heterocycles. The van der Waals surface area contributed by atoms with E-state index in [2.05, 4.69) is 20.8 Å². The Kier molecular flexibility index (Phi) is 9.63. The second-order valence-corrected chi connectivity index (χ2v) is 4.73. The molecule has 15 heavy (non-hydrogen) atoms. The van der Waals surface area contributed by atoms with Gasteiger partial charge in [-0.1, -0.05) is 59.3 Å². The van der Waals surface area contributed by atoms with Crippen molar-refractivity contribution in [1.82, 2.24) is 0 Å². The lowest BCUT2D eigenvalue weighted by atomic mass is 9.86. The van der Waals surface area contributed by atoms with E-state index in [4.69, 9.17) is 16.2 Å². The third-order valence-corrected chi connectivity index (χ3v) is 3.45. The van der Waals surface area contributed by atoms with Gasteiger partial charge >= 0.3 is 0 Å². The molecule has 0 rings (SSSR count). The van der Waals surface area contributed by atoms with Gasteiger partial charge in [0, 0.05) is 0 Å². The fourth-order valence-electron chi connectivity index (χ4n) is 1.99. The van der Waals surface area contributed by atoms with Gasteiger partial charge in [-0.25, -0.2) is 0 Å². The molecule has 1 nitrogen and oxygen atoms in total. The summed E-state index contributed by atoms with van der Waals surface area (Å²) in [5.41, 5.74) is -0.0381. The molecule has 0 aliphatic rings. The fourth-order valence-corrected chi connectivity index (χ4v) is 2.22. The zero-order valence-electron chi connectivity index (χ0n) is 10.7. The van der Waals surface area contributed by atoms with Crippen LogP contribution in [0, 0.1) is 0 Å². The largest absolute Gasteiger partial charge is 0.273 e. The molecule has 0 bridgehead atoms. The van der Waals surface area contributed by atoms with E-state index in [0.717, 1.165) is 19.3 Å². The molecule has 0 radical (unpaired) electrons. The molecule has 0 aromatic rings. The molecule has 0 saturated heterocycles. The number of rotatable bonds is 10. The molecule has 0 aromatic carbocycles. The van der Waals surface area contributed by atoms with Crippen molar-refractivity contribution in [2.75, 3.05) is 0 Å². The summed E-state index contributed by atoms with van der Waals surface area (Å²) in [6.07, 6.45) is 10.7. The van der Waals surface area contributed by atoms with Crippen molar-refractivity contribution >= 4 is 11.9 Å². The second-order valence-electron chi connectivity index (χ2n) is 4.57. The Labute approximate surface area is 101 Å². The Morgan fingerprint density at radius 3 is 1.33 bits per heavy atom. The van der Waals surface area contributed by atoms with E-state index in [1.54, 1.807) is 0 Å². The molecular formula is C13H27ClO. The van der Waals surface area contributed by atoms with Crippen LogP contribution in [-0.4, -0.2) is 5.60 Å². The Bertz CT molecular complexity index is 115. The highest BCUT2D eigenvalue weighted by atomic mass is 35.5. The van der Waals surface area contributed by atoms with Crippen LogP contribution in [0.2, 0.25) is 0 Å². The summed E-state index contributed by atoms with van der Waals surface area (Å²) in [6, 6.07) is 0. The number of hydrogen-bond donors (Lipinski definition) is 0. The van der Waals surface area contributed by atoms with Crippen LogP contribution in [0.5, 0.6) is 0 Å². The van der Waals surface area contributed by atoms with Crippen LogP contribution in [0.15, 0.2) is 0 Å². The summed E-state index contributed by atoms with van der Waals surface area (Å²) in [5, 5.41) is 0. The highest BCUT2D eigenvalue weighted by Gasteiger charge is 2.29. The van der Waals surface area contributed by atoms with Crippen LogP contribution >= 0.6 is 11.9 Å². The van der Waals surface area contributed by atoms with Crippen LogP contribution < -0.4 is 0 Å². The van der Waals surface area contributed by atoms with E-state index in [0.29, 0.717) is 0 Å². The van der Waals surface area contributed by atoms with Gasteiger partial charge in [0.05, 0.1) is 17.5 Å². The van der Waals surface area contributed by atoms with E-state index in [9.17, 15) is 0 Å². The van der Waals surface area contributed by atoms with Crippen molar-refractivity contribution < 1.29 is 4.29 Å². The summed E-state index contributed by atoms with van der Waals surface area (Å²) in [6.45, 7) is 6.66. The topological polar surface area (TPSA) is 9.23 Å². The lowest BCUT2D eigenvalue weighted by Gasteiger charge is -2.30. The zero-order chi connectivity index (χ0) is 11.6. The lowest BCUT2D eigenvalue weighted by molar-refractivity contribution is 0.0450. The normalized spacial score (nSPS) is 12.0. The standard InChI is InChI=1S/C13H27ClO/c1-4-7-10-13(15-14,11-8-5-2)12-9-6-3/h4-12H2,1-3H3. The van der Waals surface area contributed by atoms with Crippen molar-refractivity contribution in [3.8, 4) is 0 Å². The quantitative estimate of drug-likeness (QED) is 0.487. The van der Waals surface area contributed by atoms with Gasteiger partial charge in [0.25, 0.3) is 0 Å². The Balaban J connectivity index is 4.16. The van der Waals surface area contributed by atoms with E-state index in [1.165, 1.54) is 38.5 Å². The summed E-state index contributed by atoms with van der Waals surface area (Å²) in [5.74, 6) is 0. The molecule has 0 saturated carbocycles. The van der Waals surface area contributed by atoms with Crippen LogP contribution in [-0.2, 0) is 4.29 Å². The Morgan fingerprint density at radius 2 is 1.13 bits per heavy atom. The first-order valence-corrected chi connectivity index (χ1v) is 6.85. The van der Waals surface area contributed by atoms with Crippen molar-refractivity contribution in [2.45, 2.75) is 84.2 Å². The molecule has 0 amide bonds. The maximum atomic E-state index is 5.73. The minimum Gasteiger partial charge on any atom is -0.273 e. The average Bonchev–Trinajstić information content (AvgIpc) is 2.29. The van der Waals surface area contributed by atoms with E-state index in [1.807, 2.05) is 0 Å². The van der Waals surface area contributed by atoms with Crippen molar-refractivity contribution in [1.29, 1.82) is 0 Å². The summed E-state index contributed by atoms with van der Waals surface area (Å²) in [7, 11) is 0. The first kappa shape index (κ1) is 15.2. The van der Waals surface area contributed by atoms with Gasteiger partial charge in [-0.15, -0.1) is 0 Å². The fraction of sp³-hybridized carbons (Fsp3) is 1.00. The smallest absolute Gasteiger partial charge is 0.0897 e. The maximum Gasteiger partial charge on any atom is 0.0897 e. The molecule has 0 atom stereocenters. The predicted molar refractivity (Wildman–Crippen MR) is 68.2 cm³/mol. The van der Waals surface area contributed by atoms with Crippen LogP contribution in [0.3, 0.4) is 0 Å². The summed E-state index contributed by atoms with van der Waals surface area (Å²) < 4.78 is 5.32. The molecule has 92 valence electrons. The van der Waals surface area contributed by atoms with Gasteiger partial charge in [-0.3, -0.25) is 4.29 Å². The predicted octanol–water partition coefficient (Wildman–Crippen LogP) is 5.47. The average molecular weight is 235 g/mol. The highest BCUT2D eigenvalue weighted by molar-refractivity contribution is 6.07. The molecular weight excluding hydrogens is 208 g/mol. The first-order chi connectivity index (χ1) is 7.24. The van der Waals surface area contributed by atoms with E-state index < -0.39 is 0 Å². The third-order valence-electron chi connectivity index (χ3n) is 3.12. The molecule has 0 N–H and O–H groups in total.